The average Bonchev–Trinajstić information content (AvgIpc) is 2.92. The minimum Gasteiger partial charge on any atom is -0.483 e. The van der Waals surface area contributed by atoms with Gasteiger partial charge in [-0.05, 0) is 30.0 Å². The molecule has 228 valence electrons. The maximum atomic E-state index is 5.47. The monoisotopic (exact) mass is 920 g/mol. The summed E-state index contributed by atoms with van der Waals surface area (Å²) in [7, 11) is 4.68. The number of alkyl halides is 3. The number of rotatable bonds is 7. The molecule has 0 bridgehead atoms. The van der Waals surface area contributed by atoms with Gasteiger partial charge in [0.05, 0.1) is 44.6 Å². The first-order chi connectivity index (χ1) is 18.1. The van der Waals surface area contributed by atoms with E-state index < -0.39 is 16.1 Å². The lowest BCUT2D eigenvalue weighted by atomic mass is 10.0. The van der Waals surface area contributed by atoms with Gasteiger partial charge in [0.15, 0.2) is 0 Å². The van der Waals surface area contributed by atoms with Crippen LogP contribution in [-0.2, 0) is 18.9 Å². The van der Waals surface area contributed by atoms with E-state index in [1.54, 1.807) is 28.4 Å². The lowest BCUT2D eigenvalue weighted by Crippen LogP contribution is -2.42. The van der Waals surface area contributed by atoms with Crippen LogP contribution < -0.4 is 0 Å². The summed E-state index contributed by atoms with van der Waals surface area (Å²) in [5.41, 5.74) is 0. The van der Waals surface area contributed by atoms with Gasteiger partial charge in [0.25, 0.3) is 0 Å². The highest BCUT2D eigenvalue weighted by Gasteiger charge is 2.34. The molecule has 13 heteroatoms. The predicted octanol–water partition coefficient (Wildman–Crippen LogP) is 6.92. The highest BCUT2D eigenvalue weighted by molar-refractivity contribution is 14.1. The first-order valence-corrected chi connectivity index (χ1v) is 24.7. The number of hydrogen-bond acceptors (Lipinski definition) is 8. The third-order valence-electron chi connectivity index (χ3n) is 5.95. The van der Waals surface area contributed by atoms with E-state index >= 15 is 0 Å². The summed E-state index contributed by atoms with van der Waals surface area (Å²) in [4.78, 5) is 18.1. The van der Waals surface area contributed by atoms with Gasteiger partial charge in [-0.1, -0.05) is 122 Å². The largest absolute Gasteiger partial charge is 0.483 e. The molecule has 0 aromatic carbocycles. The Morgan fingerprint density at radius 3 is 1.49 bits per heavy atom. The number of hydrogen-bond donors (Lipinski definition) is 0. The van der Waals surface area contributed by atoms with Gasteiger partial charge >= 0.3 is 0 Å². The number of ether oxygens (including phenoxy) is 4. The fourth-order valence-electron chi connectivity index (χ4n) is 3.33. The van der Waals surface area contributed by atoms with E-state index in [4.69, 9.17) is 28.9 Å². The van der Waals surface area contributed by atoms with Crippen LogP contribution >= 0.6 is 67.8 Å². The van der Waals surface area contributed by atoms with Crippen molar-refractivity contribution >= 4 is 108 Å². The molecule has 0 saturated carbocycles. The Hall–Kier alpha value is 0.504. The van der Waals surface area contributed by atoms with E-state index in [2.05, 4.69) is 132 Å². The van der Waals surface area contributed by atoms with Crippen molar-refractivity contribution in [2.45, 2.75) is 78.1 Å². The SMILES string of the molecule is COC1=N[C@H](C(C)C)C(OC)=NC1.COC1=N[C@H](C(C)C)C(OC)=N[C@H]1C[Si](C)(C)CI.C[Si](C)(CI)CI. The molecule has 2 aliphatic heterocycles. The Bertz CT molecular complexity index is 847. The van der Waals surface area contributed by atoms with E-state index in [9.17, 15) is 0 Å². The Morgan fingerprint density at radius 2 is 1.13 bits per heavy atom. The highest BCUT2D eigenvalue weighted by atomic mass is 127. The van der Waals surface area contributed by atoms with Gasteiger partial charge in [-0.3, -0.25) is 0 Å². The zero-order valence-electron chi connectivity index (χ0n) is 26.0. The molecule has 0 amide bonds. The zero-order valence-corrected chi connectivity index (χ0v) is 34.5. The van der Waals surface area contributed by atoms with E-state index in [0.717, 1.165) is 17.8 Å². The lowest BCUT2D eigenvalue weighted by molar-refractivity contribution is 0.335. The standard InChI is InChI=1S/C13H25IN2O2Si.C9H16N2O2.C4H10I2Si/c1-9(2)11-13(18-4)15-10(12(16-11)17-3)7-19(5,6)8-14;1-6(2)8-9(13-4)10-5-7(11-8)12-3;1-7(2,3-5)4-6/h9-11H,7-8H2,1-6H3;6,8H,5H2,1-4H3;3-4H2,1-2H3/t10-,11+;8-;/m01./s1. The minimum atomic E-state index is -1.25. The van der Waals surface area contributed by atoms with Crippen LogP contribution in [0.25, 0.3) is 0 Å². The molecule has 0 aromatic heterocycles. The van der Waals surface area contributed by atoms with Crippen molar-refractivity contribution < 1.29 is 18.9 Å². The van der Waals surface area contributed by atoms with Crippen molar-refractivity contribution in [1.29, 1.82) is 0 Å². The summed E-state index contributed by atoms with van der Waals surface area (Å²) in [6.07, 6.45) is 0. The first-order valence-electron chi connectivity index (χ1n) is 13.3. The van der Waals surface area contributed by atoms with E-state index in [1.165, 1.54) is 12.2 Å². The second-order valence-electron chi connectivity index (χ2n) is 11.8. The van der Waals surface area contributed by atoms with Crippen LogP contribution in [0.5, 0.6) is 0 Å². The van der Waals surface area contributed by atoms with Gasteiger partial charge in [-0.25, -0.2) is 20.0 Å². The van der Waals surface area contributed by atoms with Crippen molar-refractivity contribution in [2.24, 2.45) is 31.8 Å². The maximum Gasteiger partial charge on any atom is 0.209 e. The molecular formula is C26H51I3N4O4Si2. The Morgan fingerprint density at radius 1 is 0.667 bits per heavy atom. The van der Waals surface area contributed by atoms with Crippen molar-refractivity contribution in [3.05, 3.63) is 0 Å². The molecule has 0 N–H and O–H groups in total. The molecule has 0 aromatic rings. The van der Waals surface area contributed by atoms with Crippen LogP contribution in [0.2, 0.25) is 32.2 Å². The number of nitrogens with zero attached hydrogens (tertiary/aromatic N) is 4. The van der Waals surface area contributed by atoms with Crippen molar-refractivity contribution in [3.63, 3.8) is 0 Å². The summed E-state index contributed by atoms with van der Waals surface area (Å²) in [6, 6.07) is 1.08. The summed E-state index contributed by atoms with van der Waals surface area (Å²) < 4.78 is 25.1. The van der Waals surface area contributed by atoms with Gasteiger partial charge in [0.1, 0.15) is 24.7 Å². The first kappa shape index (κ1) is 39.5. The Kier molecular flexibility index (Phi) is 19.9. The number of aliphatic imine (C=N–C) groups is 4. The Labute approximate surface area is 280 Å². The topological polar surface area (TPSA) is 86.4 Å². The number of halogens is 3. The Balaban J connectivity index is 0.000000622. The third-order valence-corrected chi connectivity index (χ3v) is 28.2. The fourth-order valence-corrected chi connectivity index (χ4v) is 10.5. The maximum absolute atomic E-state index is 5.47. The molecule has 2 heterocycles. The normalized spacial score (nSPS) is 21.3. The molecule has 0 unspecified atom stereocenters. The van der Waals surface area contributed by atoms with Crippen LogP contribution in [0.4, 0.5) is 0 Å². The van der Waals surface area contributed by atoms with Gasteiger partial charge in [-0.2, -0.15) is 0 Å². The van der Waals surface area contributed by atoms with Crippen LogP contribution in [0.1, 0.15) is 27.7 Å². The van der Waals surface area contributed by atoms with Crippen LogP contribution in [0.15, 0.2) is 20.0 Å². The molecule has 8 nitrogen and oxygen atoms in total. The molecule has 0 spiro atoms. The van der Waals surface area contributed by atoms with Crippen LogP contribution in [-0.4, -0.2) is 105 Å². The summed E-state index contributed by atoms with van der Waals surface area (Å²) in [5, 5.41) is 0. The summed E-state index contributed by atoms with van der Waals surface area (Å²) >= 11 is 7.45. The van der Waals surface area contributed by atoms with Crippen molar-refractivity contribution in [3.8, 4) is 0 Å². The summed E-state index contributed by atoms with van der Waals surface area (Å²) in [6.45, 7) is 18.5. The molecule has 0 aliphatic carbocycles. The van der Waals surface area contributed by atoms with Crippen molar-refractivity contribution in [1.82, 2.24) is 0 Å². The van der Waals surface area contributed by atoms with E-state index in [1.807, 2.05) is 0 Å². The van der Waals surface area contributed by atoms with E-state index in [0.29, 0.717) is 30.2 Å². The molecule has 0 saturated heterocycles. The highest BCUT2D eigenvalue weighted by Crippen LogP contribution is 2.24. The quantitative estimate of drug-likeness (QED) is 0.158. The third kappa shape index (κ3) is 14.5. The summed E-state index contributed by atoms with van der Waals surface area (Å²) in [5.74, 6) is 3.64. The molecule has 0 fully saturated rings. The van der Waals surface area contributed by atoms with Gasteiger partial charge in [0, 0.05) is 0 Å². The molecule has 3 atom stereocenters. The second kappa shape index (κ2) is 19.6. The molecule has 2 aliphatic rings. The van der Waals surface area contributed by atoms with Crippen molar-refractivity contribution in [2.75, 3.05) is 47.1 Å². The smallest absolute Gasteiger partial charge is 0.209 e. The number of methoxy groups -OCH3 is 4. The zero-order chi connectivity index (χ0) is 30.4. The van der Waals surface area contributed by atoms with Gasteiger partial charge in [0.2, 0.25) is 23.6 Å². The van der Waals surface area contributed by atoms with E-state index in [-0.39, 0.29) is 18.1 Å². The second-order valence-corrected chi connectivity index (χ2v) is 28.5. The van der Waals surface area contributed by atoms with Crippen LogP contribution in [0.3, 0.4) is 0 Å². The minimum absolute atomic E-state index is 0.00806. The molecule has 2 rings (SSSR count). The average molecular weight is 921 g/mol. The molecule has 39 heavy (non-hydrogen) atoms. The lowest BCUT2D eigenvalue weighted by Gasteiger charge is -2.30. The predicted molar refractivity (Wildman–Crippen MR) is 200 cm³/mol. The molecular weight excluding hydrogens is 869 g/mol. The van der Waals surface area contributed by atoms with Gasteiger partial charge in [-0.15, -0.1) is 0 Å². The van der Waals surface area contributed by atoms with Gasteiger partial charge < -0.3 is 18.9 Å². The fraction of sp³-hybridized carbons (Fsp3) is 0.846. The van der Waals surface area contributed by atoms with Crippen LogP contribution in [0, 0.1) is 11.8 Å². The molecule has 0 radical (unpaired) electrons.